The van der Waals surface area contributed by atoms with E-state index in [1.54, 1.807) is 18.2 Å². The molecule has 0 atom stereocenters. The van der Waals surface area contributed by atoms with Crippen molar-refractivity contribution < 1.29 is 18.7 Å². The number of hydrogen-bond acceptors (Lipinski definition) is 3. The molecule has 0 unspecified atom stereocenters. The van der Waals surface area contributed by atoms with Crippen LogP contribution in [0.4, 0.5) is 4.39 Å². The molecule has 0 fully saturated rings. The standard InChI is InChI=1S/C17H17FN2O3/c1-23-15-5-3-2-4-13(15)11-17(22)20-19-16(21)10-12-6-8-14(18)9-7-12/h2-9H,10-11H2,1H3,(H,19,21)(H,20,22). The average Bonchev–Trinajstić information content (AvgIpc) is 2.55. The summed E-state index contributed by atoms with van der Waals surface area (Å²) in [6.07, 6.45) is 0.135. The Morgan fingerprint density at radius 3 is 2.22 bits per heavy atom. The van der Waals surface area contributed by atoms with Gasteiger partial charge in [0, 0.05) is 5.56 Å². The number of carbonyl (C=O) groups excluding carboxylic acids is 2. The molecule has 23 heavy (non-hydrogen) atoms. The monoisotopic (exact) mass is 316 g/mol. The molecule has 0 spiro atoms. The summed E-state index contributed by atoms with van der Waals surface area (Å²) in [6, 6.07) is 12.8. The van der Waals surface area contributed by atoms with Crippen LogP contribution in [0.3, 0.4) is 0 Å². The van der Waals surface area contributed by atoms with Gasteiger partial charge in [-0.15, -0.1) is 0 Å². The zero-order valence-electron chi connectivity index (χ0n) is 12.6. The summed E-state index contributed by atoms with van der Waals surface area (Å²) in [5, 5.41) is 0. The van der Waals surface area contributed by atoms with Crippen LogP contribution in [0.25, 0.3) is 0 Å². The maximum absolute atomic E-state index is 12.8. The van der Waals surface area contributed by atoms with Crippen LogP contribution in [-0.2, 0) is 22.4 Å². The zero-order valence-corrected chi connectivity index (χ0v) is 12.6. The number of amides is 2. The van der Waals surface area contributed by atoms with Crippen LogP contribution in [0.2, 0.25) is 0 Å². The summed E-state index contributed by atoms with van der Waals surface area (Å²) in [6.45, 7) is 0. The van der Waals surface area contributed by atoms with Crippen molar-refractivity contribution in [3.05, 3.63) is 65.5 Å². The second kappa shape index (κ2) is 7.93. The molecule has 0 aliphatic rings. The van der Waals surface area contributed by atoms with Gasteiger partial charge < -0.3 is 4.74 Å². The minimum Gasteiger partial charge on any atom is -0.496 e. The quantitative estimate of drug-likeness (QED) is 0.826. The summed E-state index contributed by atoms with van der Waals surface area (Å²) in [4.78, 5) is 23.6. The van der Waals surface area contributed by atoms with E-state index in [0.717, 1.165) is 5.56 Å². The lowest BCUT2D eigenvalue weighted by Crippen LogP contribution is -2.43. The van der Waals surface area contributed by atoms with Gasteiger partial charge in [0.25, 0.3) is 0 Å². The van der Waals surface area contributed by atoms with Crippen molar-refractivity contribution >= 4 is 11.8 Å². The van der Waals surface area contributed by atoms with E-state index in [-0.39, 0.29) is 30.5 Å². The first kappa shape index (κ1) is 16.5. The molecule has 2 aromatic carbocycles. The highest BCUT2D eigenvalue weighted by Gasteiger charge is 2.09. The van der Waals surface area contributed by atoms with Gasteiger partial charge >= 0.3 is 0 Å². The van der Waals surface area contributed by atoms with Crippen molar-refractivity contribution in [2.45, 2.75) is 12.8 Å². The molecule has 2 aromatic rings. The van der Waals surface area contributed by atoms with Gasteiger partial charge in [-0.2, -0.15) is 0 Å². The summed E-state index contributed by atoms with van der Waals surface area (Å²) in [5.41, 5.74) is 6.05. The van der Waals surface area contributed by atoms with Crippen molar-refractivity contribution in [1.29, 1.82) is 0 Å². The number of hydrazine groups is 1. The minimum absolute atomic E-state index is 0.0508. The number of methoxy groups -OCH3 is 1. The van der Waals surface area contributed by atoms with Gasteiger partial charge in [0.15, 0.2) is 0 Å². The van der Waals surface area contributed by atoms with Crippen molar-refractivity contribution in [2.24, 2.45) is 0 Å². The fraction of sp³-hybridized carbons (Fsp3) is 0.176. The number of benzene rings is 2. The van der Waals surface area contributed by atoms with Gasteiger partial charge in [-0.05, 0) is 23.8 Å². The van der Waals surface area contributed by atoms with Gasteiger partial charge in [-0.25, -0.2) is 4.39 Å². The van der Waals surface area contributed by atoms with E-state index in [1.165, 1.54) is 31.4 Å². The summed E-state index contributed by atoms with van der Waals surface area (Å²) in [5.74, 6) is -0.494. The number of carbonyl (C=O) groups is 2. The lowest BCUT2D eigenvalue weighted by molar-refractivity contribution is -0.128. The van der Waals surface area contributed by atoms with Crippen molar-refractivity contribution in [1.82, 2.24) is 10.9 Å². The number of ether oxygens (including phenoxy) is 1. The van der Waals surface area contributed by atoms with Crippen LogP contribution < -0.4 is 15.6 Å². The van der Waals surface area contributed by atoms with Crippen LogP contribution in [0, 0.1) is 5.82 Å². The molecule has 0 bridgehead atoms. The second-order valence-electron chi connectivity index (χ2n) is 4.89. The molecule has 0 heterocycles. The Balaban J connectivity index is 1.82. The van der Waals surface area contributed by atoms with Crippen LogP contribution in [-0.4, -0.2) is 18.9 Å². The summed E-state index contributed by atoms with van der Waals surface area (Å²) in [7, 11) is 1.53. The molecule has 0 aromatic heterocycles. The third-order valence-electron chi connectivity index (χ3n) is 3.16. The Kier molecular flexibility index (Phi) is 5.68. The highest BCUT2D eigenvalue weighted by atomic mass is 19.1. The van der Waals surface area contributed by atoms with Crippen LogP contribution >= 0.6 is 0 Å². The van der Waals surface area contributed by atoms with E-state index in [9.17, 15) is 14.0 Å². The number of nitrogens with one attached hydrogen (secondary N) is 2. The van der Waals surface area contributed by atoms with E-state index in [2.05, 4.69) is 10.9 Å². The van der Waals surface area contributed by atoms with E-state index < -0.39 is 0 Å². The normalized spacial score (nSPS) is 10.0. The molecule has 6 heteroatoms. The Labute approximate surface area is 133 Å². The molecule has 0 saturated carbocycles. The molecule has 0 aliphatic heterocycles. The molecule has 0 saturated heterocycles. The van der Waals surface area contributed by atoms with Gasteiger partial charge in [0.1, 0.15) is 11.6 Å². The predicted octanol–water partition coefficient (Wildman–Crippen LogP) is 1.77. The molecule has 5 nitrogen and oxygen atoms in total. The van der Waals surface area contributed by atoms with Crippen molar-refractivity contribution in [3.63, 3.8) is 0 Å². The van der Waals surface area contributed by atoms with Crippen LogP contribution in [0.5, 0.6) is 5.75 Å². The van der Waals surface area contributed by atoms with E-state index >= 15 is 0 Å². The Bertz CT molecular complexity index is 686. The van der Waals surface area contributed by atoms with E-state index in [0.29, 0.717) is 11.3 Å². The fourth-order valence-corrected chi connectivity index (χ4v) is 2.04. The maximum atomic E-state index is 12.8. The third kappa shape index (κ3) is 5.10. The smallest absolute Gasteiger partial charge is 0.242 e. The Morgan fingerprint density at radius 2 is 1.57 bits per heavy atom. The molecule has 2 amide bonds. The largest absolute Gasteiger partial charge is 0.496 e. The van der Waals surface area contributed by atoms with Crippen LogP contribution in [0.1, 0.15) is 11.1 Å². The molecule has 2 N–H and O–H groups in total. The first-order chi connectivity index (χ1) is 11.1. The molecular weight excluding hydrogens is 299 g/mol. The Morgan fingerprint density at radius 1 is 0.957 bits per heavy atom. The van der Waals surface area contributed by atoms with Gasteiger partial charge in [0.05, 0.1) is 20.0 Å². The number of para-hydroxylation sites is 1. The number of rotatable bonds is 5. The molecule has 2 rings (SSSR count). The Hall–Kier alpha value is -2.89. The average molecular weight is 316 g/mol. The van der Waals surface area contributed by atoms with Crippen molar-refractivity contribution in [2.75, 3.05) is 7.11 Å². The van der Waals surface area contributed by atoms with E-state index in [1.807, 2.05) is 6.07 Å². The molecular formula is C17H17FN2O3. The second-order valence-corrected chi connectivity index (χ2v) is 4.89. The molecule has 120 valence electrons. The SMILES string of the molecule is COc1ccccc1CC(=O)NNC(=O)Cc1ccc(F)cc1. The first-order valence-corrected chi connectivity index (χ1v) is 7.02. The molecule has 0 aliphatic carbocycles. The maximum Gasteiger partial charge on any atom is 0.242 e. The zero-order chi connectivity index (χ0) is 16.7. The highest BCUT2D eigenvalue weighted by Crippen LogP contribution is 2.17. The van der Waals surface area contributed by atoms with Crippen molar-refractivity contribution in [3.8, 4) is 5.75 Å². The number of hydrogen-bond donors (Lipinski definition) is 2. The summed E-state index contributed by atoms with van der Waals surface area (Å²) >= 11 is 0. The molecule has 0 radical (unpaired) electrons. The van der Waals surface area contributed by atoms with Gasteiger partial charge in [-0.1, -0.05) is 30.3 Å². The van der Waals surface area contributed by atoms with Crippen LogP contribution in [0.15, 0.2) is 48.5 Å². The van der Waals surface area contributed by atoms with Gasteiger partial charge in [0.2, 0.25) is 11.8 Å². The summed E-state index contributed by atoms with van der Waals surface area (Å²) < 4.78 is 17.9. The lowest BCUT2D eigenvalue weighted by atomic mass is 10.1. The topological polar surface area (TPSA) is 67.4 Å². The fourth-order valence-electron chi connectivity index (χ4n) is 2.04. The first-order valence-electron chi connectivity index (χ1n) is 7.02. The third-order valence-corrected chi connectivity index (χ3v) is 3.16. The lowest BCUT2D eigenvalue weighted by Gasteiger charge is -2.10. The van der Waals surface area contributed by atoms with E-state index in [4.69, 9.17) is 4.74 Å². The highest BCUT2D eigenvalue weighted by molar-refractivity contribution is 5.84. The van der Waals surface area contributed by atoms with Gasteiger partial charge in [-0.3, -0.25) is 20.4 Å². The number of halogens is 1. The predicted molar refractivity (Wildman–Crippen MR) is 83.1 cm³/mol. The minimum atomic E-state index is -0.384.